The van der Waals surface area contributed by atoms with Gasteiger partial charge in [-0.15, -0.1) is 0 Å². The number of anilines is 1. The van der Waals surface area contributed by atoms with Crippen molar-refractivity contribution in [1.29, 1.82) is 0 Å². The minimum Gasteiger partial charge on any atom is -0.451 e. The zero-order valence-corrected chi connectivity index (χ0v) is 14.2. The van der Waals surface area contributed by atoms with Gasteiger partial charge in [-0.2, -0.15) is 0 Å². The first-order valence-electron chi connectivity index (χ1n) is 8.07. The number of benzene rings is 2. The quantitative estimate of drug-likeness (QED) is 0.731. The number of aryl methyl sites for hydroxylation is 1. The van der Waals surface area contributed by atoms with Crippen LogP contribution >= 0.6 is 0 Å². The second-order valence-corrected chi connectivity index (χ2v) is 5.74. The van der Waals surface area contributed by atoms with Crippen molar-refractivity contribution in [2.24, 2.45) is 0 Å². The van der Waals surface area contributed by atoms with Gasteiger partial charge in [0.25, 0.3) is 5.91 Å². The highest BCUT2D eigenvalue weighted by Crippen LogP contribution is 2.28. The molecule has 3 rings (SSSR count). The molecule has 1 aromatic heterocycles. The van der Waals surface area contributed by atoms with E-state index in [1.165, 1.54) is 0 Å². The fourth-order valence-corrected chi connectivity index (χ4v) is 2.70. The number of para-hydroxylation sites is 1. The van der Waals surface area contributed by atoms with Crippen LogP contribution < -0.4 is 5.32 Å². The summed E-state index contributed by atoms with van der Waals surface area (Å²) in [6, 6.07) is 13.5. The van der Waals surface area contributed by atoms with E-state index in [9.17, 15) is 4.79 Å². The highest BCUT2D eigenvalue weighted by molar-refractivity contribution is 6.06. The fourth-order valence-electron chi connectivity index (χ4n) is 2.70. The maximum absolute atomic E-state index is 12.8. The average Bonchev–Trinajstić information content (AvgIpc) is 2.96. The van der Waals surface area contributed by atoms with Crippen LogP contribution in [0.3, 0.4) is 0 Å². The van der Waals surface area contributed by atoms with E-state index in [0.29, 0.717) is 24.6 Å². The van der Waals surface area contributed by atoms with Crippen LogP contribution in [0.4, 0.5) is 5.69 Å². The van der Waals surface area contributed by atoms with Crippen molar-refractivity contribution in [3.63, 3.8) is 0 Å². The van der Waals surface area contributed by atoms with E-state index >= 15 is 0 Å². The van der Waals surface area contributed by atoms with E-state index in [1.807, 2.05) is 63.2 Å². The highest BCUT2D eigenvalue weighted by Gasteiger charge is 2.21. The molecule has 24 heavy (non-hydrogen) atoms. The van der Waals surface area contributed by atoms with Gasteiger partial charge in [0.2, 0.25) is 0 Å². The molecular formula is C20H21NO3. The van der Waals surface area contributed by atoms with E-state index in [2.05, 4.69) is 5.32 Å². The molecule has 1 amide bonds. The van der Waals surface area contributed by atoms with Gasteiger partial charge in [-0.1, -0.05) is 30.3 Å². The summed E-state index contributed by atoms with van der Waals surface area (Å²) in [7, 11) is 0. The van der Waals surface area contributed by atoms with Crippen molar-refractivity contribution in [1.82, 2.24) is 0 Å². The lowest BCUT2D eigenvalue weighted by atomic mass is 10.1. The van der Waals surface area contributed by atoms with Crippen LogP contribution in [0.2, 0.25) is 0 Å². The first kappa shape index (κ1) is 16.3. The monoisotopic (exact) mass is 323 g/mol. The summed E-state index contributed by atoms with van der Waals surface area (Å²) in [5.74, 6) is 0.0557. The summed E-state index contributed by atoms with van der Waals surface area (Å²) in [5, 5.41) is 3.87. The number of nitrogens with one attached hydrogen (secondary N) is 1. The number of carbonyl (C=O) groups excluding carboxylic acids is 1. The molecule has 4 nitrogen and oxygen atoms in total. The standard InChI is InChI=1S/C20H21NO3/c1-4-23-12-16-15-9-5-6-11-18(15)24-19(16)20(22)21-17-10-7-8-13(2)14(17)3/h5-11H,4,12H2,1-3H3,(H,21,22). The SMILES string of the molecule is CCOCc1c(C(=O)Nc2cccc(C)c2C)oc2ccccc12. The molecule has 0 bridgehead atoms. The van der Waals surface area contributed by atoms with Gasteiger partial charge in [0.15, 0.2) is 5.76 Å². The molecule has 0 unspecified atom stereocenters. The van der Waals surface area contributed by atoms with E-state index < -0.39 is 0 Å². The number of hydrogen-bond acceptors (Lipinski definition) is 3. The van der Waals surface area contributed by atoms with Crippen molar-refractivity contribution in [2.75, 3.05) is 11.9 Å². The van der Waals surface area contributed by atoms with Gasteiger partial charge in [0.05, 0.1) is 6.61 Å². The van der Waals surface area contributed by atoms with Crippen molar-refractivity contribution in [2.45, 2.75) is 27.4 Å². The molecule has 4 heteroatoms. The summed E-state index contributed by atoms with van der Waals surface area (Å²) in [6.45, 7) is 6.87. The molecule has 0 saturated carbocycles. The Morgan fingerprint density at radius 1 is 1.12 bits per heavy atom. The maximum Gasteiger partial charge on any atom is 0.291 e. The van der Waals surface area contributed by atoms with Crippen LogP contribution in [-0.4, -0.2) is 12.5 Å². The Labute approximate surface area is 141 Å². The molecule has 2 aromatic carbocycles. The Hall–Kier alpha value is -2.59. The Kier molecular flexibility index (Phi) is 4.67. The lowest BCUT2D eigenvalue weighted by Crippen LogP contribution is -2.14. The number of fused-ring (bicyclic) bond motifs is 1. The molecule has 124 valence electrons. The predicted molar refractivity (Wildman–Crippen MR) is 95.4 cm³/mol. The smallest absolute Gasteiger partial charge is 0.291 e. The third-order valence-corrected chi connectivity index (χ3v) is 4.21. The fraction of sp³-hybridized carbons (Fsp3) is 0.250. The second kappa shape index (κ2) is 6.89. The molecule has 0 atom stereocenters. The summed E-state index contributed by atoms with van der Waals surface area (Å²) in [5.41, 5.74) is 4.46. The normalized spacial score (nSPS) is 11.0. The van der Waals surface area contributed by atoms with Gasteiger partial charge in [-0.05, 0) is 44.0 Å². The van der Waals surface area contributed by atoms with Gasteiger partial charge in [0, 0.05) is 23.2 Å². The Morgan fingerprint density at radius 3 is 2.71 bits per heavy atom. The zero-order valence-electron chi connectivity index (χ0n) is 14.2. The van der Waals surface area contributed by atoms with E-state index in [0.717, 1.165) is 27.8 Å². The summed E-state index contributed by atoms with van der Waals surface area (Å²) in [6.07, 6.45) is 0. The van der Waals surface area contributed by atoms with Crippen LogP contribution in [-0.2, 0) is 11.3 Å². The molecule has 0 aliphatic heterocycles. The molecule has 0 saturated heterocycles. The first-order valence-corrected chi connectivity index (χ1v) is 8.07. The van der Waals surface area contributed by atoms with Crippen molar-refractivity contribution >= 4 is 22.6 Å². The van der Waals surface area contributed by atoms with E-state index in [1.54, 1.807) is 0 Å². The van der Waals surface area contributed by atoms with Crippen LogP contribution in [0.15, 0.2) is 46.9 Å². The third kappa shape index (κ3) is 3.05. The zero-order chi connectivity index (χ0) is 17.1. The maximum atomic E-state index is 12.8. The number of hydrogen-bond donors (Lipinski definition) is 1. The van der Waals surface area contributed by atoms with Crippen molar-refractivity contribution in [3.05, 3.63) is 64.9 Å². The van der Waals surface area contributed by atoms with Crippen LogP contribution in [0.25, 0.3) is 11.0 Å². The third-order valence-electron chi connectivity index (χ3n) is 4.21. The summed E-state index contributed by atoms with van der Waals surface area (Å²) in [4.78, 5) is 12.8. The van der Waals surface area contributed by atoms with Gasteiger partial charge >= 0.3 is 0 Å². The minimum atomic E-state index is -0.255. The van der Waals surface area contributed by atoms with Gasteiger partial charge in [-0.25, -0.2) is 0 Å². The molecule has 1 heterocycles. The molecule has 3 aromatic rings. The molecule has 0 radical (unpaired) electrons. The summed E-state index contributed by atoms with van der Waals surface area (Å²) >= 11 is 0. The molecular weight excluding hydrogens is 302 g/mol. The Morgan fingerprint density at radius 2 is 1.92 bits per heavy atom. The number of furan rings is 1. The van der Waals surface area contributed by atoms with Crippen molar-refractivity contribution in [3.8, 4) is 0 Å². The van der Waals surface area contributed by atoms with Crippen LogP contribution in [0.5, 0.6) is 0 Å². The Bertz CT molecular complexity index is 880. The van der Waals surface area contributed by atoms with Crippen LogP contribution in [0, 0.1) is 13.8 Å². The molecule has 0 fully saturated rings. The molecule has 1 N–H and O–H groups in total. The number of amides is 1. The second-order valence-electron chi connectivity index (χ2n) is 5.74. The minimum absolute atomic E-state index is 0.255. The van der Waals surface area contributed by atoms with E-state index in [-0.39, 0.29) is 5.91 Å². The van der Waals surface area contributed by atoms with Gasteiger partial charge in [0.1, 0.15) is 5.58 Å². The predicted octanol–water partition coefficient (Wildman–Crippen LogP) is 4.84. The summed E-state index contributed by atoms with van der Waals surface area (Å²) < 4.78 is 11.3. The van der Waals surface area contributed by atoms with E-state index in [4.69, 9.17) is 9.15 Å². The lowest BCUT2D eigenvalue weighted by molar-refractivity contribution is 0.0984. The topological polar surface area (TPSA) is 51.5 Å². The molecule has 0 spiro atoms. The largest absolute Gasteiger partial charge is 0.451 e. The van der Waals surface area contributed by atoms with Gasteiger partial charge in [-0.3, -0.25) is 4.79 Å². The number of ether oxygens (including phenoxy) is 1. The number of rotatable bonds is 5. The lowest BCUT2D eigenvalue weighted by Gasteiger charge is -2.10. The first-order chi connectivity index (χ1) is 11.6. The Balaban J connectivity index is 1.98. The van der Waals surface area contributed by atoms with Crippen LogP contribution in [0.1, 0.15) is 34.2 Å². The molecule has 0 aliphatic rings. The average molecular weight is 323 g/mol. The van der Waals surface area contributed by atoms with Crippen molar-refractivity contribution < 1.29 is 13.9 Å². The molecule has 0 aliphatic carbocycles. The number of carbonyl (C=O) groups is 1. The van der Waals surface area contributed by atoms with Gasteiger partial charge < -0.3 is 14.5 Å². The highest BCUT2D eigenvalue weighted by atomic mass is 16.5.